The van der Waals surface area contributed by atoms with Crippen molar-refractivity contribution in [3.05, 3.63) is 109 Å². The highest BCUT2D eigenvalue weighted by Gasteiger charge is 2.36. The van der Waals surface area contributed by atoms with Crippen molar-refractivity contribution in [2.45, 2.75) is 36.0 Å². The van der Waals surface area contributed by atoms with Crippen molar-refractivity contribution in [2.24, 2.45) is 0 Å². The zero-order valence-corrected chi connectivity index (χ0v) is 22.4. The molecule has 4 heteroatoms. The first-order chi connectivity index (χ1) is 18.5. The summed E-state index contributed by atoms with van der Waals surface area (Å²) < 4.78 is 15.6. The van der Waals surface area contributed by atoms with Gasteiger partial charge in [0.1, 0.15) is 23.0 Å². The summed E-state index contributed by atoms with van der Waals surface area (Å²) >= 11 is -0.876. The number of hydrogen-bond donors (Lipinski definition) is 1. The molecule has 0 fully saturated rings. The number of benzene rings is 5. The Morgan fingerprint density at radius 2 is 1.45 bits per heavy atom. The minimum absolute atomic E-state index is 0.0113. The van der Waals surface area contributed by atoms with Crippen molar-refractivity contribution in [3.63, 3.8) is 0 Å². The molecule has 3 nitrogen and oxygen atoms in total. The number of aromatic nitrogens is 1. The third kappa shape index (κ3) is 3.04. The van der Waals surface area contributed by atoms with Gasteiger partial charge in [0, 0.05) is 28.0 Å². The molecule has 1 atom stereocenters. The molecule has 2 aliphatic rings. The number of rotatable bonds is 2. The van der Waals surface area contributed by atoms with E-state index in [4.69, 9.17) is 9.47 Å². The molecular formula is C34H27NO2S. The summed E-state index contributed by atoms with van der Waals surface area (Å²) in [5.74, 6) is 3.42. The Kier molecular flexibility index (Phi) is 4.43. The van der Waals surface area contributed by atoms with Gasteiger partial charge in [0.2, 0.25) is 0 Å². The third-order valence-corrected chi connectivity index (χ3v) is 10.2. The smallest absolute Gasteiger partial charge is 0.145 e. The van der Waals surface area contributed by atoms with Gasteiger partial charge >= 0.3 is 0 Å². The Morgan fingerprint density at radius 1 is 0.684 bits per heavy atom. The summed E-state index contributed by atoms with van der Waals surface area (Å²) in [7, 11) is 0. The molecule has 38 heavy (non-hydrogen) atoms. The van der Waals surface area contributed by atoms with Gasteiger partial charge < -0.3 is 9.47 Å². The normalized spacial score (nSPS) is 16.1. The van der Waals surface area contributed by atoms with Crippen molar-refractivity contribution in [2.75, 3.05) is 0 Å². The summed E-state index contributed by atoms with van der Waals surface area (Å²) in [6.45, 7) is 6.87. The number of hydrogen-bond acceptors (Lipinski definition) is 2. The second kappa shape index (κ2) is 7.68. The van der Waals surface area contributed by atoms with Crippen LogP contribution >= 0.6 is 11.1 Å². The van der Waals surface area contributed by atoms with E-state index in [0.29, 0.717) is 0 Å². The fourth-order valence-corrected chi connectivity index (χ4v) is 8.60. The van der Waals surface area contributed by atoms with Gasteiger partial charge in [0.25, 0.3) is 0 Å². The SMILES string of the molecule is CC(C)(C)c1cc2c3c(c1)c1ccccc1n3[SH]1c3ccccc3Oc3cc(Oc4ccccc4)cc-2c31. The zero-order valence-electron chi connectivity index (χ0n) is 21.5. The zero-order chi connectivity index (χ0) is 25.6. The first kappa shape index (κ1) is 21.9. The number of fused-ring (bicyclic) bond motifs is 7. The average Bonchev–Trinajstić information content (AvgIpc) is 3.25. The first-order valence-corrected chi connectivity index (χ1v) is 14.3. The van der Waals surface area contributed by atoms with Gasteiger partial charge in [-0.25, -0.2) is 0 Å². The van der Waals surface area contributed by atoms with Crippen LogP contribution < -0.4 is 9.47 Å². The maximum Gasteiger partial charge on any atom is 0.145 e. The molecule has 1 aromatic heterocycles. The van der Waals surface area contributed by atoms with E-state index in [9.17, 15) is 0 Å². The summed E-state index contributed by atoms with van der Waals surface area (Å²) in [6, 6.07) is 36.4. The van der Waals surface area contributed by atoms with Crippen LogP contribution in [0.3, 0.4) is 0 Å². The van der Waals surface area contributed by atoms with Crippen LogP contribution in [0.15, 0.2) is 113 Å². The lowest BCUT2D eigenvalue weighted by Gasteiger charge is -2.38. The molecule has 0 saturated carbocycles. The lowest BCUT2D eigenvalue weighted by Crippen LogP contribution is -2.14. The predicted molar refractivity (Wildman–Crippen MR) is 158 cm³/mol. The fraction of sp³-hybridized carbons (Fsp3) is 0.118. The number of thiol groups is 1. The van der Waals surface area contributed by atoms with Gasteiger partial charge in [-0.15, -0.1) is 11.1 Å². The molecule has 3 heterocycles. The van der Waals surface area contributed by atoms with E-state index in [0.717, 1.165) is 23.0 Å². The van der Waals surface area contributed by atoms with E-state index < -0.39 is 11.1 Å². The molecule has 0 amide bonds. The van der Waals surface area contributed by atoms with E-state index in [-0.39, 0.29) is 5.41 Å². The maximum atomic E-state index is 6.62. The molecule has 0 bridgehead atoms. The van der Waals surface area contributed by atoms with Crippen LogP contribution in [0.5, 0.6) is 23.0 Å². The minimum Gasteiger partial charge on any atom is -0.457 e. The highest BCUT2D eigenvalue weighted by atomic mass is 32.2. The molecule has 0 N–H and O–H groups in total. The van der Waals surface area contributed by atoms with Crippen LogP contribution in [0.1, 0.15) is 26.3 Å². The second-order valence-corrected chi connectivity index (χ2v) is 13.1. The summed E-state index contributed by atoms with van der Waals surface area (Å²) in [6.07, 6.45) is 0. The van der Waals surface area contributed by atoms with Crippen LogP contribution in [0.25, 0.3) is 32.9 Å². The fourth-order valence-electron chi connectivity index (χ4n) is 5.85. The Bertz CT molecular complexity index is 1910. The molecule has 0 saturated heterocycles. The Morgan fingerprint density at radius 3 is 2.29 bits per heavy atom. The van der Waals surface area contributed by atoms with Crippen LogP contribution in [-0.2, 0) is 5.41 Å². The van der Waals surface area contributed by atoms with E-state index in [1.165, 1.54) is 48.3 Å². The van der Waals surface area contributed by atoms with Gasteiger partial charge in [0.15, 0.2) is 0 Å². The number of nitrogens with zero attached hydrogens (tertiary/aromatic N) is 1. The van der Waals surface area contributed by atoms with Crippen LogP contribution in [0, 0.1) is 0 Å². The second-order valence-electron chi connectivity index (χ2n) is 11.1. The molecular weight excluding hydrogens is 486 g/mol. The van der Waals surface area contributed by atoms with Crippen molar-refractivity contribution in [3.8, 4) is 34.1 Å². The molecule has 5 aromatic carbocycles. The van der Waals surface area contributed by atoms with E-state index >= 15 is 0 Å². The molecule has 6 aromatic rings. The van der Waals surface area contributed by atoms with Crippen molar-refractivity contribution in [1.82, 2.24) is 3.97 Å². The van der Waals surface area contributed by atoms with Crippen LogP contribution in [0.4, 0.5) is 0 Å². The molecule has 186 valence electrons. The molecule has 0 radical (unpaired) electrons. The van der Waals surface area contributed by atoms with Gasteiger partial charge in [-0.3, -0.25) is 3.97 Å². The van der Waals surface area contributed by atoms with E-state index in [1.807, 2.05) is 30.3 Å². The maximum absolute atomic E-state index is 6.62. The standard InChI is InChI=1S/C34H27NO2S/c1-34(2,3)21-17-25-24-13-7-8-14-28(24)35-32(25)26(18-21)27-19-23(36-22-11-5-4-6-12-22)20-30-33(27)38(35)31-16-10-9-15-29(31)37-30/h4-20,38H,1-3H3. The molecule has 2 aliphatic heterocycles. The Labute approximate surface area is 224 Å². The van der Waals surface area contributed by atoms with Crippen molar-refractivity contribution in [1.29, 1.82) is 0 Å². The van der Waals surface area contributed by atoms with Gasteiger partial charge in [-0.2, -0.15) is 0 Å². The third-order valence-electron chi connectivity index (χ3n) is 7.65. The van der Waals surface area contributed by atoms with Crippen molar-refractivity contribution < 1.29 is 9.47 Å². The summed E-state index contributed by atoms with van der Waals surface area (Å²) in [5.41, 5.74) is 6.38. The summed E-state index contributed by atoms with van der Waals surface area (Å²) in [4.78, 5) is 2.52. The van der Waals surface area contributed by atoms with Gasteiger partial charge in [0.05, 0.1) is 20.8 Å². The lowest BCUT2D eigenvalue weighted by molar-refractivity contribution is 0.440. The quantitative estimate of drug-likeness (QED) is 0.233. The number of ether oxygens (including phenoxy) is 2. The Balaban J connectivity index is 1.52. The first-order valence-electron chi connectivity index (χ1n) is 13.0. The summed E-state index contributed by atoms with van der Waals surface area (Å²) in [5, 5.41) is 2.62. The van der Waals surface area contributed by atoms with Gasteiger partial charge in [-0.05, 0) is 59.5 Å². The van der Waals surface area contributed by atoms with Crippen LogP contribution in [0.2, 0.25) is 0 Å². The Hall–Kier alpha value is -4.15. The molecule has 0 spiro atoms. The van der Waals surface area contributed by atoms with E-state index in [1.54, 1.807) is 0 Å². The number of para-hydroxylation sites is 3. The highest BCUT2D eigenvalue weighted by Crippen LogP contribution is 2.66. The highest BCUT2D eigenvalue weighted by molar-refractivity contribution is 8.16. The molecule has 1 unspecified atom stereocenters. The minimum atomic E-state index is -0.876. The van der Waals surface area contributed by atoms with E-state index in [2.05, 4.69) is 97.5 Å². The van der Waals surface area contributed by atoms with Crippen molar-refractivity contribution >= 4 is 32.9 Å². The monoisotopic (exact) mass is 513 g/mol. The van der Waals surface area contributed by atoms with Gasteiger partial charge in [-0.1, -0.05) is 69.3 Å². The lowest BCUT2D eigenvalue weighted by atomic mass is 9.84. The van der Waals surface area contributed by atoms with Crippen LogP contribution in [-0.4, -0.2) is 3.97 Å². The predicted octanol–water partition coefficient (Wildman–Crippen LogP) is 9.85. The largest absolute Gasteiger partial charge is 0.457 e. The molecule has 0 aliphatic carbocycles. The molecule has 8 rings (SSSR count). The topological polar surface area (TPSA) is 23.4 Å². The average molecular weight is 514 g/mol.